The van der Waals surface area contributed by atoms with Crippen molar-refractivity contribution in [2.24, 2.45) is 4.99 Å². The number of halogens is 1. The number of aliphatic imine (C=N–C) groups is 1. The summed E-state index contributed by atoms with van der Waals surface area (Å²) in [5, 5.41) is 6.40. The monoisotopic (exact) mass is 423 g/mol. The molecule has 0 aliphatic heterocycles. The molecule has 0 unspecified atom stereocenters. The van der Waals surface area contributed by atoms with E-state index in [0.717, 1.165) is 31.2 Å². The molecule has 0 fully saturated rings. The Kier molecular flexibility index (Phi) is 12.7. The Morgan fingerprint density at radius 1 is 1.36 bits per heavy atom. The highest BCUT2D eigenvalue weighted by atomic mass is 127. The van der Waals surface area contributed by atoms with E-state index in [2.05, 4.69) is 15.6 Å². The van der Waals surface area contributed by atoms with E-state index in [0.29, 0.717) is 26.0 Å². The van der Waals surface area contributed by atoms with Crippen LogP contribution in [-0.4, -0.2) is 38.2 Å². The normalized spacial score (nSPS) is 10.7. The summed E-state index contributed by atoms with van der Waals surface area (Å²) in [6, 6.07) is 3.83. The molecule has 2 N–H and O–H groups in total. The van der Waals surface area contributed by atoms with Crippen LogP contribution in [0, 0.1) is 0 Å². The van der Waals surface area contributed by atoms with E-state index in [1.807, 2.05) is 26.0 Å². The van der Waals surface area contributed by atoms with Crippen LogP contribution in [0.15, 0.2) is 27.8 Å². The summed E-state index contributed by atoms with van der Waals surface area (Å²) in [6.45, 7) is 6.39. The Labute approximate surface area is 149 Å². The quantitative estimate of drug-likeness (QED) is 0.210. The van der Waals surface area contributed by atoms with Gasteiger partial charge in [0.25, 0.3) is 0 Å². The van der Waals surface area contributed by atoms with E-state index in [4.69, 9.17) is 9.15 Å². The van der Waals surface area contributed by atoms with Crippen LogP contribution in [0.2, 0.25) is 0 Å². The summed E-state index contributed by atoms with van der Waals surface area (Å²) < 4.78 is 10.1. The minimum Gasteiger partial charge on any atom is -0.469 e. The largest absolute Gasteiger partial charge is 0.469 e. The van der Waals surface area contributed by atoms with Gasteiger partial charge < -0.3 is 19.8 Å². The van der Waals surface area contributed by atoms with E-state index in [1.165, 1.54) is 0 Å². The van der Waals surface area contributed by atoms with Gasteiger partial charge in [0.2, 0.25) is 0 Å². The smallest absolute Gasteiger partial charge is 0.305 e. The van der Waals surface area contributed by atoms with Crippen molar-refractivity contribution in [1.82, 2.24) is 10.6 Å². The Morgan fingerprint density at radius 2 is 2.18 bits per heavy atom. The minimum absolute atomic E-state index is 0. The highest BCUT2D eigenvalue weighted by Gasteiger charge is 2.02. The zero-order valence-electron chi connectivity index (χ0n) is 13.3. The number of nitrogens with one attached hydrogen (secondary N) is 2. The highest BCUT2D eigenvalue weighted by molar-refractivity contribution is 14.0. The molecule has 1 rings (SSSR count). The Bertz CT molecular complexity index is 422. The van der Waals surface area contributed by atoms with Crippen LogP contribution in [0.5, 0.6) is 0 Å². The van der Waals surface area contributed by atoms with Gasteiger partial charge in [-0.25, -0.2) is 0 Å². The SMILES string of the molecule is CCNC(=NCCCC(=O)OCC)NCCc1ccco1.I. The fourth-order valence-corrected chi connectivity index (χ4v) is 1.75. The van der Waals surface area contributed by atoms with Crippen molar-refractivity contribution in [1.29, 1.82) is 0 Å². The number of esters is 1. The standard InChI is InChI=1S/C15H25N3O3.HI/c1-3-16-15(17-10-5-8-14(19)20-4-2)18-11-9-13-7-6-12-21-13;/h6-7,12H,3-5,8-11H2,1-2H3,(H2,16,17,18);1H. The van der Waals surface area contributed by atoms with Crippen LogP contribution in [0.4, 0.5) is 0 Å². The number of guanidine groups is 1. The van der Waals surface area contributed by atoms with Crippen molar-refractivity contribution in [3.8, 4) is 0 Å². The molecular weight excluding hydrogens is 397 g/mol. The van der Waals surface area contributed by atoms with Crippen LogP contribution >= 0.6 is 24.0 Å². The molecule has 0 aliphatic rings. The van der Waals surface area contributed by atoms with Crippen LogP contribution in [0.25, 0.3) is 0 Å². The first-order valence-electron chi connectivity index (χ1n) is 7.46. The number of hydrogen-bond acceptors (Lipinski definition) is 4. The zero-order chi connectivity index (χ0) is 15.3. The molecule has 7 heteroatoms. The maximum absolute atomic E-state index is 11.2. The third-order valence-electron chi connectivity index (χ3n) is 2.70. The molecule has 126 valence electrons. The molecule has 0 aliphatic carbocycles. The van der Waals surface area contributed by atoms with Crippen molar-refractivity contribution in [3.05, 3.63) is 24.2 Å². The van der Waals surface area contributed by atoms with Gasteiger partial charge in [-0.05, 0) is 32.4 Å². The fraction of sp³-hybridized carbons (Fsp3) is 0.600. The number of rotatable bonds is 9. The molecule has 0 aromatic carbocycles. The highest BCUT2D eigenvalue weighted by Crippen LogP contribution is 1.99. The van der Waals surface area contributed by atoms with Gasteiger partial charge in [-0.15, -0.1) is 24.0 Å². The van der Waals surface area contributed by atoms with E-state index < -0.39 is 0 Å². The molecule has 1 aromatic heterocycles. The average Bonchev–Trinajstić information content (AvgIpc) is 2.97. The van der Waals surface area contributed by atoms with E-state index in [1.54, 1.807) is 6.26 Å². The van der Waals surface area contributed by atoms with Crippen molar-refractivity contribution < 1.29 is 13.9 Å². The molecule has 22 heavy (non-hydrogen) atoms. The maximum atomic E-state index is 11.2. The minimum atomic E-state index is -0.163. The third kappa shape index (κ3) is 9.64. The van der Waals surface area contributed by atoms with Gasteiger partial charge in [0, 0.05) is 32.5 Å². The summed E-state index contributed by atoms with van der Waals surface area (Å²) in [7, 11) is 0. The van der Waals surface area contributed by atoms with Crippen molar-refractivity contribution in [3.63, 3.8) is 0 Å². The first-order chi connectivity index (χ1) is 10.3. The lowest BCUT2D eigenvalue weighted by molar-refractivity contribution is -0.143. The first-order valence-corrected chi connectivity index (χ1v) is 7.46. The zero-order valence-corrected chi connectivity index (χ0v) is 15.6. The Hall–Kier alpha value is -1.25. The maximum Gasteiger partial charge on any atom is 0.305 e. The predicted molar refractivity (Wildman–Crippen MR) is 97.7 cm³/mol. The average molecular weight is 423 g/mol. The lowest BCUT2D eigenvalue weighted by atomic mass is 10.3. The number of hydrogen-bond donors (Lipinski definition) is 2. The van der Waals surface area contributed by atoms with E-state index in [9.17, 15) is 4.79 Å². The van der Waals surface area contributed by atoms with Gasteiger partial charge in [0.1, 0.15) is 5.76 Å². The summed E-state index contributed by atoms with van der Waals surface area (Å²) >= 11 is 0. The number of ether oxygens (including phenoxy) is 1. The number of nitrogens with zero attached hydrogens (tertiary/aromatic N) is 1. The Morgan fingerprint density at radius 3 is 2.82 bits per heavy atom. The van der Waals surface area contributed by atoms with Gasteiger partial charge in [0.05, 0.1) is 12.9 Å². The summed E-state index contributed by atoms with van der Waals surface area (Å²) in [6.07, 6.45) is 3.57. The fourth-order valence-electron chi connectivity index (χ4n) is 1.75. The number of carbonyl (C=O) groups is 1. The van der Waals surface area contributed by atoms with Gasteiger partial charge >= 0.3 is 5.97 Å². The molecule has 0 saturated heterocycles. The van der Waals surface area contributed by atoms with Crippen molar-refractivity contribution >= 4 is 35.9 Å². The van der Waals surface area contributed by atoms with Crippen molar-refractivity contribution in [2.75, 3.05) is 26.2 Å². The van der Waals surface area contributed by atoms with Crippen LogP contribution in [0.1, 0.15) is 32.4 Å². The van der Waals surface area contributed by atoms with Crippen LogP contribution < -0.4 is 10.6 Å². The second-order valence-corrected chi connectivity index (χ2v) is 4.43. The topological polar surface area (TPSA) is 75.9 Å². The number of furan rings is 1. The van der Waals surface area contributed by atoms with Crippen molar-refractivity contribution in [2.45, 2.75) is 33.1 Å². The van der Waals surface area contributed by atoms with Gasteiger partial charge in [-0.3, -0.25) is 9.79 Å². The molecule has 0 atom stereocenters. The predicted octanol–water partition coefficient (Wildman–Crippen LogP) is 2.34. The van der Waals surface area contributed by atoms with Gasteiger partial charge in [0.15, 0.2) is 5.96 Å². The molecule has 0 bridgehead atoms. The van der Waals surface area contributed by atoms with E-state index in [-0.39, 0.29) is 29.9 Å². The lowest BCUT2D eigenvalue weighted by Gasteiger charge is -2.10. The van der Waals surface area contributed by atoms with Crippen LogP contribution in [0.3, 0.4) is 0 Å². The Balaban J connectivity index is 0.00000441. The molecule has 1 heterocycles. The second-order valence-electron chi connectivity index (χ2n) is 4.43. The molecule has 0 amide bonds. The molecule has 0 spiro atoms. The summed E-state index contributed by atoms with van der Waals surface area (Å²) in [5.41, 5.74) is 0. The molecular formula is C15H26IN3O3. The van der Waals surface area contributed by atoms with Gasteiger partial charge in [-0.1, -0.05) is 0 Å². The molecule has 0 radical (unpaired) electrons. The molecule has 0 saturated carbocycles. The number of carbonyl (C=O) groups excluding carboxylic acids is 1. The second kappa shape index (κ2) is 13.4. The summed E-state index contributed by atoms with van der Waals surface area (Å²) in [5.74, 6) is 1.54. The molecule has 6 nitrogen and oxygen atoms in total. The molecule has 1 aromatic rings. The first kappa shape index (κ1) is 20.8. The summed E-state index contributed by atoms with van der Waals surface area (Å²) in [4.78, 5) is 15.6. The van der Waals surface area contributed by atoms with E-state index >= 15 is 0 Å². The lowest BCUT2D eigenvalue weighted by Crippen LogP contribution is -2.38. The third-order valence-corrected chi connectivity index (χ3v) is 2.70. The van der Waals surface area contributed by atoms with Crippen LogP contribution in [-0.2, 0) is 16.0 Å². The van der Waals surface area contributed by atoms with Gasteiger partial charge in [-0.2, -0.15) is 0 Å².